The van der Waals surface area contributed by atoms with Crippen LogP contribution in [0.25, 0.3) is 0 Å². The van der Waals surface area contributed by atoms with Gasteiger partial charge >= 0.3 is 17.8 Å². The summed E-state index contributed by atoms with van der Waals surface area (Å²) in [6, 6.07) is 9.64. The first kappa shape index (κ1) is 20.6. The Balaban J connectivity index is 2.08. The molecule has 8 heteroatoms. The van der Waals surface area contributed by atoms with Gasteiger partial charge in [-0.05, 0) is 56.2 Å². The molecule has 8 nitrogen and oxygen atoms in total. The molecule has 0 radical (unpaired) electrons. The fourth-order valence-electron chi connectivity index (χ4n) is 2.35. The van der Waals surface area contributed by atoms with Crippen molar-refractivity contribution in [3.8, 4) is 5.75 Å². The van der Waals surface area contributed by atoms with Gasteiger partial charge in [0.2, 0.25) is 0 Å². The van der Waals surface area contributed by atoms with E-state index in [0.717, 1.165) is 11.1 Å². The predicted octanol–water partition coefficient (Wildman–Crippen LogP) is 2.49. The Kier molecular flexibility index (Phi) is 6.86. The van der Waals surface area contributed by atoms with Crippen molar-refractivity contribution in [2.45, 2.75) is 20.8 Å². The van der Waals surface area contributed by atoms with Gasteiger partial charge in [0, 0.05) is 11.3 Å². The third-order valence-electron chi connectivity index (χ3n) is 3.99. The summed E-state index contributed by atoms with van der Waals surface area (Å²) in [4.78, 5) is 35.1. The average Bonchev–Trinajstić information content (AvgIpc) is 2.66. The minimum atomic E-state index is -1.10. The molecule has 0 heterocycles. The number of nitrogens with one attached hydrogen (secondary N) is 2. The maximum atomic E-state index is 12.0. The summed E-state index contributed by atoms with van der Waals surface area (Å²) in [6.45, 7) is 5.89. The quantitative estimate of drug-likeness (QED) is 0.402. The SMILES string of the molecule is CCOc1ccc(C(=O)O)cc1/C=N\NC(=O)C(=O)Nc1cccc(C)c1C. The number of carboxylic acids is 1. The summed E-state index contributed by atoms with van der Waals surface area (Å²) < 4.78 is 5.40. The van der Waals surface area contributed by atoms with E-state index in [1.165, 1.54) is 24.4 Å². The lowest BCUT2D eigenvalue weighted by Gasteiger charge is -2.09. The number of rotatable bonds is 6. The van der Waals surface area contributed by atoms with Gasteiger partial charge in [-0.15, -0.1) is 0 Å². The molecule has 0 aliphatic heterocycles. The second-order valence-electron chi connectivity index (χ2n) is 5.89. The van der Waals surface area contributed by atoms with E-state index in [0.29, 0.717) is 23.6 Å². The number of amides is 2. The minimum absolute atomic E-state index is 0.0453. The number of ether oxygens (including phenoxy) is 1. The highest BCUT2D eigenvalue weighted by molar-refractivity contribution is 6.39. The molecule has 2 amide bonds. The van der Waals surface area contributed by atoms with Crippen molar-refractivity contribution < 1.29 is 24.2 Å². The van der Waals surface area contributed by atoms with Crippen molar-refractivity contribution in [3.05, 3.63) is 58.7 Å². The topological polar surface area (TPSA) is 117 Å². The molecule has 28 heavy (non-hydrogen) atoms. The molecule has 2 aromatic rings. The fraction of sp³-hybridized carbons (Fsp3) is 0.200. The summed E-state index contributed by atoms with van der Waals surface area (Å²) in [5.74, 6) is -2.51. The van der Waals surface area contributed by atoms with Crippen LogP contribution in [-0.2, 0) is 9.59 Å². The van der Waals surface area contributed by atoms with Gasteiger partial charge in [0.15, 0.2) is 0 Å². The Morgan fingerprint density at radius 1 is 1.14 bits per heavy atom. The minimum Gasteiger partial charge on any atom is -0.493 e. The molecule has 2 rings (SSSR count). The summed E-state index contributed by atoms with van der Waals surface area (Å²) >= 11 is 0. The molecule has 0 unspecified atom stereocenters. The Morgan fingerprint density at radius 2 is 1.89 bits per heavy atom. The lowest BCUT2D eigenvalue weighted by atomic mass is 10.1. The smallest absolute Gasteiger partial charge is 0.335 e. The summed E-state index contributed by atoms with van der Waals surface area (Å²) in [6.07, 6.45) is 1.22. The Bertz CT molecular complexity index is 937. The molecule has 0 atom stereocenters. The van der Waals surface area contributed by atoms with Gasteiger partial charge in [-0.2, -0.15) is 5.10 Å². The van der Waals surface area contributed by atoms with Crippen LogP contribution in [0.5, 0.6) is 5.75 Å². The number of carboxylic acid groups (broad SMARTS) is 1. The third kappa shape index (κ3) is 5.16. The third-order valence-corrected chi connectivity index (χ3v) is 3.99. The summed E-state index contributed by atoms with van der Waals surface area (Å²) in [7, 11) is 0. The largest absolute Gasteiger partial charge is 0.493 e. The highest BCUT2D eigenvalue weighted by atomic mass is 16.5. The molecule has 0 saturated heterocycles. The number of aromatic carboxylic acids is 1. The van der Waals surface area contributed by atoms with Gasteiger partial charge < -0.3 is 15.2 Å². The molecule has 3 N–H and O–H groups in total. The maximum absolute atomic E-state index is 12.0. The van der Waals surface area contributed by atoms with E-state index in [1.807, 2.05) is 19.9 Å². The zero-order valence-electron chi connectivity index (χ0n) is 15.8. The number of aryl methyl sites for hydroxylation is 1. The monoisotopic (exact) mass is 383 g/mol. The zero-order valence-corrected chi connectivity index (χ0v) is 15.8. The molecule has 2 aromatic carbocycles. The van der Waals surface area contributed by atoms with Crippen LogP contribution in [0.2, 0.25) is 0 Å². The number of hydrogen-bond donors (Lipinski definition) is 3. The number of benzene rings is 2. The number of carbonyl (C=O) groups is 3. The van der Waals surface area contributed by atoms with E-state index in [2.05, 4.69) is 15.8 Å². The molecular formula is C20H21N3O5. The van der Waals surface area contributed by atoms with E-state index >= 15 is 0 Å². The van der Waals surface area contributed by atoms with Crippen LogP contribution in [0.3, 0.4) is 0 Å². The molecule has 0 aliphatic carbocycles. The fourth-order valence-corrected chi connectivity index (χ4v) is 2.35. The molecule has 0 saturated carbocycles. The van der Waals surface area contributed by atoms with Crippen LogP contribution in [0.15, 0.2) is 41.5 Å². The van der Waals surface area contributed by atoms with Crippen molar-refractivity contribution in [2.75, 3.05) is 11.9 Å². The molecule has 0 fully saturated rings. The molecule has 0 spiro atoms. The van der Waals surface area contributed by atoms with Gasteiger partial charge in [0.05, 0.1) is 18.4 Å². The first-order chi connectivity index (χ1) is 13.3. The molecule has 0 aromatic heterocycles. The van der Waals surface area contributed by atoms with E-state index in [1.54, 1.807) is 19.1 Å². The number of carbonyl (C=O) groups excluding carboxylic acids is 2. The highest BCUT2D eigenvalue weighted by Crippen LogP contribution is 2.19. The Hall–Kier alpha value is -3.68. The van der Waals surface area contributed by atoms with Gasteiger partial charge in [0.1, 0.15) is 5.75 Å². The van der Waals surface area contributed by atoms with E-state index < -0.39 is 17.8 Å². The lowest BCUT2D eigenvalue weighted by molar-refractivity contribution is -0.136. The van der Waals surface area contributed by atoms with Crippen LogP contribution in [-0.4, -0.2) is 35.7 Å². The first-order valence-corrected chi connectivity index (χ1v) is 8.54. The Labute approximate surface area is 162 Å². The number of hydrogen-bond acceptors (Lipinski definition) is 5. The average molecular weight is 383 g/mol. The second kappa shape index (κ2) is 9.31. The first-order valence-electron chi connectivity index (χ1n) is 8.54. The normalized spacial score (nSPS) is 10.5. The number of hydrazone groups is 1. The van der Waals surface area contributed by atoms with E-state index in [4.69, 9.17) is 9.84 Å². The van der Waals surface area contributed by atoms with Crippen molar-refractivity contribution in [2.24, 2.45) is 5.10 Å². The number of nitrogens with zero attached hydrogens (tertiary/aromatic N) is 1. The number of anilines is 1. The van der Waals surface area contributed by atoms with Gasteiger partial charge in [0.25, 0.3) is 0 Å². The standard InChI is InChI=1S/C20H21N3O5/c1-4-28-17-9-8-14(20(26)27)10-15(17)11-21-23-19(25)18(24)22-16-7-5-6-12(2)13(16)3/h5-11H,4H2,1-3H3,(H,22,24)(H,23,25)(H,26,27)/b21-11-. The lowest BCUT2D eigenvalue weighted by Crippen LogP contribution is -2.32. The summed E-state index contributed by atoms with van der Waals surface area (Å²) in [5.41, 5.74) is 4.91. The van der Waals surface area contributed by atoms with Gasteiger partial charge in [-0.1, -0.05) is 12.1 Å². The zero-order chi connectivity index (χ0) is 20.7. The van der Waals surface area contributed by atoms with Gasteiger partial charge in [-0.25, -0.2) is 10.2 Å². The van der Waals surface area contributed by atoms with Crippen LogP contribution < -0.4 is 15.5 Å². The van der Waals surface area contributed by atoms with Crippen molar-refractivity contribution >= 4 is 29.7 Å². The van der Waals surface area contributed by atoms with Crippen LogP contribution in [0.1, 0.15) is 34.0 Å². The van der Waals surface area contributed by atoms with E-state index in [9.17, 15) is 14.4 Å². The van der Waals surface area contributed by atoms with Gasteiger partial charge in [-0.3, -0.25) is 9.59 Å². The maximum Gasteiger partial charge on any atom is 0.335 e. The molecule has 0 aliphatic rings. The van der Waals surface area contributed by atoms with Crippen molar-refractivity contribution in [1.29, 1.82) is 0 Å². The van der Waals surface area contributed by atoms with Crippen LogP contribution in [0, 0.1) is 13.8 Å². The van der Waals surface area contributed by atoms with E-state index in [-0.39, 0.29) is 5.56 Å². The molecule has 0 bridgehead atoms. The Morgan fingerprint density at radius 3 is 2.57 bits per heavy atom. The van der Waals surface area contributed by atoms with Crippen molar-refractivity contribution in [3.63, 3.8) is 0 Å². The van der Waals surface area contributed by atoms with Crippen LogP contribution in [0.4, 0.5) is 5.69 Å². The highest BCUT2D eigenvalue weighted by Gasteiger charge is 2.14. The molecule has 146 valence electrons. The van der Waals surface area contributed by atoms with Crippen LogP contribution >= 0.6 is 0 Å². The summed E-state index contributed by atoms with van der Waals surface area (Å²) in [5, 5.41) is 15.3. The molecular weight excluding hydrogens is 362 g/mol. The predicted molar refractivity (Wildman–Crippen MR) is 105 cm³/mol. The van der Waals surface area contributed by atoms with Crippen molar-refractivity contribution in [1.82, 2.24) is 5.43 Å². The second-order valence-corrected chi connectivity index (χ2v) is 5.89.